The van der Waals surface area contributed by atoms with Gasteiger partial charge in [-0.3, -0.25) is 9.97 Å². The normalized spacial score (nSPS) is 11.2. The van der Waals surface area contributed by atoms with E-state index in [9.17, 15) is 0 Å². The maximum absolute atomic E-state index is 5.20. The predicted molar refractivity (Wildman–Crippen MR) is 178 cm³/mol. The molecule has 0 amide bonds. The SMILES string of the molecule is c1ccc(-c2cc(-c3cccc(-c4cc(-c5cccnc5)nc(-c5cccnc5)n4)c3)nc3ccc4ccccc4c23)cc1. The summed E-state index contributed by atoms with van der Waals surface area (Å²) in [4.78, 5) is 23.7. The third-order valence-electron chi connectivity index (χ3n) is 7.84. The second-order valence-electron chi connectivity index (χ2n) is 10.6. The highest BCUT2D eigenvalue weighted by molar-refractivity contribution is 6.13. The zero-order chi connectivity index (χ0) is 29.3. The zero-order valence-electron chi connectivity index (χ0n) is 23.7. The van der Waals surface area contributed by atoms with Crippen molar-refractivity contribution in [1.82, 2.24) is 24.9 Å². The zero-order valence-corrected chi connectivity index (χ0v) is 23.7. The molecule has 0 N–H and O–H groups in total. The molecule has 206 valence electrons. The molecule has 0 spiro atoms. The van der Waals surface area contributed by atoms with Gasteiger partial charge in [-0.25, -0.2) is 15.0 Å². The average molecular weight is 564 g/mol. The van der Waals surface area contributed by atoms with Crippen LogP contribution in [0.4, 0.5) is 0 Å². The third kappa shape index (κ3) is 4.76. The standard InChI is InChI=1S/C39H25N5/c1-2-9-26(10-3-1)33-22-35(42-34-18-17-27-11-4-5-16-32(27)38(33)34)28-12-6-13-29(21-28)36-23-37(30-14-7-19-40-24-30)44-39(43-36)31-15-8-20-41-25-31/h1-25H. The number of benzene rings is 4. The molecule has 0 aliphatic carbocycles. The summed E-state index contributed by atoms with van der Waals surface area (Å²) in [6.07, 6.45) is 7.13. The summed E-state index contributed by atoms with van der Waals surface area (Å²) in [5.41, 5.74) is 9.57. The lowest BCUT2D eigenvalue weighted by Gasteiger charge is -2.14. The predicted octanol–water partition coefficient (Wildman–Crippen LogP) is 9.30. The fourth-order valence-corrected chi connectivity index (χ4v) is 5.72. The van der Waals surface area contributed by atoms with Crippen molar-refractivity contribution in [3.05, 3.63) is 152 Å². The number of fused-ring (bicyclic) bond motifs is 3. The molecule has 8 aromatic rings. The van der Waals surface area contributed by atoms with Crippen LogP contribution in [0.5, 0.6) is 0 Å². The fourth-order valence-electron chi connectivity index (χ4n) is 5.72. The van der Waals surface area contributed by atoms with Crippen molar-refractivity contribution in [2.24, 2.45) is 0 Å². The van der Waals surface area contributed by atoms with E-state index in [-0.39, 0.29) is 0 Å². The largest absolute Gasteiger partial charge is 0.264 e. The molecule has 0 fully saturated rings. The number of hydrogen-bond donors (Lipinski definition) is 0. The van der Waals surface area contributed by atoms with Gasteiger partial charge in [-0.05, 0) is 70.4 Å². The van der Waals surface area contributed by atoms with Crippen LogP contribution in [0.3, 0.4) is 0 Å². The molecule has 44 heavy (non-hydrogen) atoms. The monoisotopic (exact) mass is 563 g/mol. The number of nitrogens with zero attached hydrogens (tertiary/aromatic N) is 5. The van der Waals surface area contributed by atoms with Crippen LogP contribution in [-0.2, 0) is 0 Å². The minimum atomic E-state index is 0.613. The Hall–Kier alpha value is -6.07. The molecule has 4 aromatic heterocycles. The molecule has 8 rings (SSSR count). The molecule has 4 heterocycles. The minimum Gasteiger partial charge on any atom is -0.264 e. The van der Waals surface area contributed by atoms with E-state index in [1.807, 2.05) is 36.5 Å². The van der Waals surface area contributed by atoms with E-state index < -0.39 is 0 Å². The quantitative estimate of drug-likeness (QED) is 0.195. The van der Waals surface area contributed by atoms with Gasteiger partial charge in [-0.2, -0.15) is 0 Å². The first-order valence-electron chi connectivity index (χ1n) is 14.5. The highest BCUT2D eigenvalue weighted by Gasteiger charge is 2.15. The van der Waals surface area contributed by atoms with Crippen molar-refractivity contribution in [3.8, 4) is 56.3 Å². The van der Waals surface area contributed by atoms with Gasteiger partial charge in [0.25, 0.3) is 0 Å². The lowest BCUT2D eigenvalue weighted by molar-refractivity contribution is 1.16. The van der Waals surface area contributed by atoms with Gasteiger partial charge in [0.05, 0.1) is 22.6 Å². The molecule has 0 saturated carbocycles. The lowest BCUT2D eigenvalue weighted by Crippen LogP contribution is -1.97. The van der Waals surface area contributed by atoms with Crippen molar-refractivity contribution in [1.29, 1.82) is 0 Å². The van der Waals surface area contributed by atoms with Crippen LogP contribution in [0.2, 0.25) is 0 Å². The second kappa shape index (κ2) is 11.0. The minimum absolute atomic E-state index is 0.613. The molecule has 0 aliphatic heterocycles. The maximum Gasteiger partial charge on any atom is 0.161 e. The van der Waals surface area contributed by atoms with E-state index >= 15 is 0 Å². The van der Waals surface area contributed by atoms with Gasteiger partial charge >= 0.3 is 0 Å². The first-order chi connectivity index (χ1) is 21.8. The van der Waals surface area contributed by atoms with E-state index in [1.165, 1.54) is 10.8 Å². The van der Waals surface area contributed by atoms with Gasteiger partial charge in [-0.1, -0.05) is 78.9 Å². The number of rotatable bonds is 5. The van der Waals surface area contributed by atoms with Gasteiger partial charge in [0.1, 0.15) is 0 Å². The molecule has 0 saturated heterocycles. The smallest absolute Gasteiger partial charge is 0.161 e. The molecule has 4 aromatic carbocycles. The Morgan fingerprint density at radius 2 is 1.05 bits per heavy atom. The summed E-state index contributed by atoms with van der Waals surface area (Å²) in [7, 11) is 0. The molecule has 5 nitrogen and oxygen atoms in total. The first-order valence-corrected chi connectivity index (χ1v) is 14.5. The summed E-state index contributed by atoms with van der Waals surface area (Å²) in [6.45, 7) is 0. The highest BCUT2D eigenvalue weighted by atomic mass is 14.9. The van der Waals surface area contributed by atoms with Crippen LogP contribution in [0.25, 0.3) is 78.0 Å². The molecular weight excluding hydrogens is 538 g/mol. The Morgan fingerprint density at radius 3 is 1.80 bits per heavy atom. The third-order valence-corrected chi connectivity index (χ3v) is 7.84. The van der Waals surface area contributed by atoms with Crippen molar-refractivity contribution in [2.45, 2.75) is 0 Å². The van der Waals surface area contributed by atoms with E-state index in [0.717, 1.165) is 61.4 Å². The fraction of sp³-hybridized carbons (Fsp3) is 0. The summed E-state index contributed by atoms with van der Waals surface area (Å²) in [5, 5.41) is 3.56. The number of hydrogen-bond acceptors (Lipinski definition) is 5. The lowest BCUT2D eigenvalue weighted by atomic mass is 9.94. The van der Waals surface area contributed by atoms with E-state index in [1.54, 1.807) is 18.6 Å². The molecule has 0 unspecified atom stereocenters. The van der Waals surface area contributed by atoms with Crippen molar-refractivity contribution in [2.75, 3.05) is 0 Å². The summed E-state index contributed by atoms with van der Waals surface area (Å²) >= 11 is 0. The van der Waals surface area contributed by atoms with Crippen LogP contribution in [-0.4, -0.2) is 24.9 Å². The molecule has 0 bridgehead atoms. The van der Waals surface area contributed by atoms with Crippen LogP contribution in [0, 0.1) is 0 Å². The Morgan fingerprint density at radius 1 is 0.409 bits per heavy atom. The van der Waals surface area contributed by atoms with E-state index in [2.05, 4.69) is 107 Å². The van der Waals surface area contributed by atoms with Crippen molar-refractivity contribution >= 4 is 21.7 Å². The van der Waals surface area contributed by atoms with Crippen molar-refractivity contribution < 1.29 is 0 Å². The number of aromatic nitrogens is 5. The van der Waals surface area contributed by atoms with Crippen LogP contribution >= 0.6 is 0 Å². The van der Waals surface area contributed by atoms with Crippen LogP contribution in [0.1, 0.15) is 0 Å². The Bertz CT molecular complexity index is 2210. The molecule has 5 heteroatoms. The number of pyridine rings is 3. The van der Waals surface area contributed by atoms with Crippen LogP contribution in [0.15, 0.2) is 152 Å². The van der Waals surface area contributed by atoms with Gasteiger partial charge in [-0.15, -0.1) is 0 Å². The Labute approximate surface area is 254 Å². The van der Waals surface area contributed by atoms with Gasteiger partial charge < -0.3 is 0 Å². The molecule has 0 radical (unpaired) electrons. The van der Waals surface area contributed by atoms with E-state index in [4.69, 9.17) is 15.0 Å². The summed E-state index contributed by atoms with van der Waals surface area (Å²) in [5.74, 6) is 0.613. The summed E-state index contributed by atoms with van der Waals surface area (Å²) in [6, 6.07) is 43.8. The Balaban J connectivity index is 1.31. The topological polar surface area (TPSA) is 64.5 Å². The molecular formula is C39H25N5. The molecule has 0 aliphatic rings. The highest BCUT2D eigenvalue weighted by Crippen LogP contribution is 2.37. The first kappa shape index (κ1) is 25.6. The van der Waals surface area contributed by atoms with Gasteiger partial charge in [0.2, 0.25) is 0 Å². The second-order valence-corrected chi connectivity index (χ2v) is 10.6. The average Bonchev–Trinajstić information content (AvgIpc) is 3.12. The van der Waals surface area contributed by atoms with Gasteiger partial charge in [0, 0.05) is 52.4 Å². The van der Waals surface area contributed by atoms with Gasteiger partial charge in [0.15, 0.2) is 5.82 Å². The summed E-state index contributed by atoms with van der Waals surface area (Å²) < 4.78 is 0. The van der Waals surface area contributed by atoms with Crippen molar-refractivity contribution in [3.63, 3.8) is 0 Å². The maximum atomic E-state index is 5.20. The molecule has 0 atom stereocenters. The Kier molecular flexibility index (Phi) is 6.39. The van der Waals surface area contributed by atoms with Crippen LogP contribution < -0.4 is 0 Å². The van der Waals surface area contributed by atoms with E-state index in [0.29, 0.717) is 5.82 Å².